The number of hydrogen-bond donors (Lipinski definition) is 0. The lowest BCUT2D eigenvalue weighted by Crippen LogP contribution is -2.52. The largest absolute Gasteiger partial charge is 0.295 e. The SMILES string of the molecule is CC1CC(=O)C=C2CC[C@@H]3[C@@H](CC[C@]4(C)C(C#N)CC[C@@H]34)[C@]21C. The molecule has 0 radical (unpaired) electrons. The normalized spacial score (nSPS) is 52.0. The van der Waals surface area contributed by atoms with Crippen LogP contribution in [0.15, 0.2) is 11.6 Å². The van der Waals surface area contributed by atoms with Crippen LogP contribution in [0.2, 0.25) is 0 Å². The first-order chi connectivity index (χ1) is 10.9. The number of rotatable bonds is 0. The lowest BCUT2D eigenvalue weighted by Gasteiger charge is -2.59. The van der Waals surface area contributed by atoms with Crippen LogP contribution in [0.5, 0.6) is 0 Å². The molecule has 0 bridgehead atoms. The number of nitriles is 1. The molecule has 0 amide bonds. The zero-order valence-electron chi connectivity index (χ0n) is 14.8. The third-order valence-electron chi connectivity index (χ3n) is 8.67. The molecule has 7 atom stereocenters. The van der Waals surface area contributed by atoms with Crippen LogP contribution in [-0.2, 0) is 4.79 Å². The maximum atomic E-state index is 12.0. The van der Waals surface area contributed by atoms with Crippen molar-refractivity contribution < 1.29 is 4.79 Å². The number of carbonyl (C=O) groups excluding carboxylic acids is 1. The Hall–Kier alpha value is -1.10. The van der Waals surface area contributed by atoms with Gasteiger partial charge in [0.1, 0.15) is 0 Å². The van der Waals surface area contributed by atoms with E-state index in [-0.39, 0.29) is 16.7 Å². The van der Waals surface area contributed by atoms with Crippen molar-refractivity contribution in [3.8, 4) is 6.07 Å². The van der Waals surface area contributed by atoms with Gasteiger partial charge in [0.15, 0.2) is 5.78 Å². The van der Waals surface area contributed by atoms with Crippen molar-refractivity contribution in [3.63, 3.8) is 0 Å². The Kier molecular flexibility index (Phi) is 3.32. The molecule has 2 nitrogen and oxygen atoms in total. The molecule has 4 rings (SSSR count). The summed E-state index contributed by atoms with van der Waals surface area (Å²) in [5, 5.41) is 9.58. The Bertz CT molecular complexity index is 614. The van der Waals surface area contributed by atoms with Gasteiger partial charge in [-0.25, -0.2) is 0 Å². The fraction of sp³-hybridized carbons (Fsp3) is 0.810. The van der Waals surface area contributed by atoms with E-state index >= 15 is 0 Å². The highest BCUT2D eigenvalue weighted by Crippen LogP contribution is 2.67. The van der Waals surface area contributed by atoms with Gasteiger partial charge < -0.3 is 0 Å². The highest BCUT2D eigenvalue weighted by Gasteiger charge is 2.60. The summed E-state index contributed by atoms with van der Waals surface area (Å²) in [5.41, 5.74) is 1.92. The Morgan fingerprint density at radius 3 is 2.70 bits per heavy atom. The van der Waals surface area contributed by atoms with Gasteiger partial charge in [-0.2, -0.15) is 5.26 Å². The van der Waals surface area contributed by atoms with Crippen LogP contribution in [0.25, 0.3) is 0 Å². The molecule has 4 aliphatic rings. The van der Waals surface area contributed by atoms with E-state index in [9.17, 15) is 10.1 Å². The molecule has 0 heterocycles. The van der Waals surface area contributed by atoms with Crippen molar-refractivity contribution >= 4 is 5.78 Å². The third-order valence-corrected chi connectivity index (χ3v) is 8.67. The van der Waals surface area contributed by atoms with Gasteiger partial charge in [0.2, 0.25) is 0 Å². The molecule has 4 aliphatic carbocycles. The number of nitrogens with zero attached hydrogens (tertiary/aromatic N) is 1. The van der Waals surface area contributed by atoms with Crippen molar-refractivity contribution in [2.75, 3.05) is 0 Å². The molecule has 0 aromatic rings. The summed E-state index contributed by atoms with van der Waals surface area (Å²) in [7, 11) is 0. The standard InChI is InChI=1S/C21H29NO/c1-13-10-16(23)11-14-4-6-17-18-7-5-15(12-22)20(18,2)9-8-19(17)21(13,14)3/h11,13,15,17-19H,4-10H2,1-3H3/t13?,15?,17-,18-,19+,20+,21-/m0/s1. The van der Waals surface area contributed by atoms with Crippen LogP contribution < -0.4 is 0 Å². The zero-order valence-corrected chi connectivity index (χ0v) is 14.8. The average molecular weight is 311 g/mol. The minimum atomic E-state index is 0.225. The van der Waals surface area contributed by atoms with Crippen molar-refractivity contribution in [2.45, 2.75) is 65.7 Å². The second-order valence-electron chi connectivity index (χ2n) is 9.24. The van der Waals surface area contributed by atoms with E-state index in [2.05, 4.69) is 26.8 Å². The monoisotopic (exact) mass is 311 g/mol. The van der Waals surface area contributed by atoms with E-state index in [1.54, 1.807) is 0 Å². The first kappa shape index (κ1) is 15.4. The lowest BCUT2D eigenvalue weighted by atomic mass is 9.45. The molecule has 0 N–H and O–H groups in total. The number of carbonyl (C=O) groups is 1. The van der Waals surface area contributed by atoms with E-state index < -0.39 is 0 Å². The zero-order chi connectivity index (χ0) is 16.4. The number of allylic oxidation sites excluding steroid dienone is 1. The van der Waals surface area contributed by atoms with Gasteiger partial charge in [0.05, 0.1) is 12.0 Å². The smallest absolute Gasteiger partial charge is 0.155 e. The molecule has 0 saturated heterocycles. The fourth-order valence-electron chi connectivity index (χ4n) is 7.15. The summed E-state index contributed by atoms with van der Waals surface area (Å²) in [6.45, 7) is 7.15. The topological polar surface area (TPSA) is 40.9 Å². The van der Waals surface area contributed by atoms with Crippen LogP contribution in [0.4, 0.5) is 0 Å². The minimum Gasteiger partial charge on any atom is -0.295 e. The minimum absolute atomic E-state index is 0.225. The van der Waals surface area contributed by atoms with Crippen LogP contribution >= 0.6 is 0 Å². The van der Waals surface area contributed by atoms with Gasteiger partial charge in [0.25, 0.3) is 0 Å². The molecule has 0 aromatic carbocycles. The summed E-state index contributed by atoms with van der Waals surface area (Å²) >= 11 is 0. The Balaban J connectivity index is 1.71. The second-order valence-corrected chi connectivity index (χ2v) is 9.24. The van der Waals surface area contributed by atoms with E-state index in [0.717, 1.165) is 37.0 Å². The van der Waals surface area contributed by atoms with E-state index in [1.165, 1.54) is 31.3 Å². The summed E-state index contributed by atoms with van der Waals surface area (Å²) < 4.78 is 0. The predicted octanol–water partition coefficient (Wildman–Crippen LogP) is 4.90. The highest BCUT2D eigenvalue weighted by atomic mass is 16.1. The number of ketones is 1. The second kappa shape index (κ2) is 4.95. The first-order valence-electron chi connectivity index (χ1n) is 9.54. The highest BCUT2D eigenvalue weighted by molar-refractivity contribution is 5.92. The molecule has 124 valence electrons. The molecule has 0 aliphatic heterocycles. The molecule has 3 fully saturated rings. The van der Waals surface area contributed by atoms with Gasteiger partial charge in [-0.15, -0.1) is 0 Å². The fourth-order valence-corrected chi connectivity index (χ4v) is 7.15. The first-order valence-corrected chi connectivity index (χ1v) is 9.54. The van der Waals surface area contributed by atoms with E-state index in [0.29, 0.717) is 11.7 Å². The maximum Gasteiger partial charge on any atom is 0.155 e. The predicted molar refractivity (Wildman–Crippen MR) is 90.4 cm³/mol. The molecule has 3 saturated carbocycles. The Morgan fingerprint density at radius 2 is 1.96 bits per heavy atom. The van der Waals surface area contributed by atoms with Crippen LogP contribution in [0, 0.1) is 51.8 Å². The van der Waals surface area contributed by atoms with Gasteiger partial charge in [0, 0.05) is 6.42 Å². The van der Waals surface area contributed by atoms with Gasteiger partial charge >= 0.3 is 0 Å². The molecule has 0 aromatic heterocycles. The maximum absolute atomic E-state index is 12.0. The molecule has 2 unspecified atom stereocenters. The van der Waals surface area contributed by atoms with Crippen LogP contribution in [-0.4, -0.2) is 5.78 Å². The van der Waals surface area contributed by atoms with Gasteiger partial charge in [-0.1, -0.05) is 26.3 Å². The van der Waals surface area contributed by atoms with Crippen molar-refractivity contribution in [3.05, 3.63) is 11.6 Å². The number of hydrogen-bond acceptors (Lipinski definition) is 2. The molecule has 2 heteroatoms. The Labute approximate surface area is 140 Å². The van der Waals surface area contributed by atoms with Gasteiger partial charge in [-0.05, 0) is 79.1 Å². The van der Waals surface area contributed by atoms with Crippen molar-refractivity contribution in [1.29, 1.82) is 5.26 Å². The van der Waals surface area contributed by atoms with Crippen molar-refractivity contribution in [1.82, 2.24) is 0 Å². The molecule has 0 spiro atoms. The van der Waals surface area contributed by atoms with E-state index in [4.69, 9.17) is 0 Å². The van der Waals surface area contributed by atoms with Crippen LogP contribution in [0.1, 0.15) is 65.7 Å². The quantitative estimate of drug-likeness (QED) is 0.638. The molecular formula is C21H29NO. The van der Waals surface area contributed by atoms with Crippen LogP contribution in [0.3, 0.4) is 0 Å². The summed E-state index contributed by atoms with van der Waals surface area (Å²) in [6.07, 6.45) is 9.89. The molecule has 23 heavy (non-hydrogen) atoms. The summed E-state index contributed by atoms with van der Waals surface area (Å²) in [5.74, 6) is 3.30. The summed E-state index contributed by atoms with van der Waals surface area (Å²) in [4.78, 5) is 12.0. The van der Waals surface area contributed by atoms with Crippen molar-refractivity contribution in [2.24, 2.45) is 40.4 Å². The third kappa shape index (κ3) is 1.89. The molecular weight excluding hydrogens is 282 g/mol. The van der Waals surface area contributed by atoms with Gasteiger partial charge in [-0.3, -0.25) is 4.79 Å². The Morgan fingerprint density at radius 1 is 1.17 bits per heavy atom. The number of fused-ring (bicyclic) bond motifs is 5. The average Bonchev–Trinajstić information content (AvgIpc) is 2.85. The van der Waals surface area contributed by atoms with E-state index in [1.807, 2.05) is 6.08 Å². The lowest BCUT2D eigenvalue weighted by molar-refractivity contribution is -0.120. The summed E-state index contributed by atoms with van der Waals surface area (Å²) in [6, 6.07) is 2.62.